The minimum absolute atomic E-state index is 0.121. The van der Waals surface area contributed by atoms with Crippen LogP contribution in [0, 0.1) is 18.6 Å². The van der Waals surface area contributed by atoms with E-state index >= 15 is 0 Å². The van der Waals surface area contributed by atoms with Crippen LogP contribution in [0.2, 0.25) is 0 Å². The molecular formula is C15H15F2NO2S. The Bertz CT molecular complexity index is 760. The summed E-state index contributed by atoms with van der Waals surface area (Å²) in [4.78, 5) is 0.176. The van der Waals surface area contributed by atoms with Gasteiger partial charge in [0, 0.05) is 25.2 Å². The largest absolute Gasteiger partial charge is 0.243 e. The molecule has 0 bridgehead atoms. The molecule has 2 rings (SSSR count). The van der Waals surface area contributed by atoms with Crippen molar-refractivity contribution >= 4 is 10.0 Å². The van der Waals surface area contributed by atoms with E-state index in [-0.39, 0.29) is 17.0 Å². The molecule has 0 heterocycles. The van der Waals surface area contributed by atoms with Crippen molar-refractivity contribution in [1.82, 2.24) is 4.31 Å². The van der Waals surface area contributed by atoms with E-state index in [4.69, 9.17) is 0 Å². The minimum atomic E-state index is -3.72. The van der Waals surface area contributed by atoms with Crippen LogP contribution in [0.3, 0.4) is 0 Å². The lowest BCUT2D eigenvalue weighted by atomic mass is 10.2. The van der Waals surface area contributed by atoms with Gasteiger partial charge in [-0.15, -0.1) is 0 Å². The standard InChI is InChI=1S/C15H15F2NO2S/c1-11-5-3-4-6-15(11)21(19,20)18(2)10-12-7-8-13(16)9-14(12)17/h3-9H,10H2,1-2H3. The predicted octanol–water partition coefficient (Wildman–Crippen LogP) is 3.09. The number of sulfonamides is 1. The van der Waals surface area contributed by atoms with Crippen LogP contribution in [0.5, 0.6) is 0 Å². The van der Waals surface area contributed by atoms with Gasteiger partial charge in [-0.05, 0) is 24.6 Å². The molecule has 0 saturated heterocycles. The first-order chi connectivity index (χ1) is 9.82. The molecule has 21 heavy (non-hydrogen) atoms. The van der Waals surface area contributed by atoms with E-state index in [0.29, 0.717) is 5.56 Å². The maximum atomic E-state index is 13.6. The van der Waals surface area contributed by atoms with Gasteiger partial charge >= 0.3 is 0 Å². The normalized spacial score (nSPS) is 11.9. The molecule has 3 nitrogen and oxygen atoms in total. The van der Waals surface area contributed by atoms with E-state index in [1.807, 2.05) is 0 Å². The van der Waals surface area contributed by atoms with Crippen LogP contribution in [-0.4, -0.2) is 19.8 Å². The summed E-state index contributed by atoms with van der Waals surface area (Å²) in [7, 11) is -2.36. The van der Waals surface area contributed by atoms with Crippen LogP contribution >= 0.6 is 0 Å². The molecule has 6 heteroatoms. The summed E-state index contributed by atoms with van der Waals surface area (Å²) in [6, 6.07) is 9.66. The van der Waals surface area contributed by atoms with Gasteiger partial charge in [-0.25, -0.2) is 17.2 Å². The number of halogens is 2. The Kier molecular flexibility index (Phi) is 4.39. The van der Waals surface area contributed by atoms with Crippen molar-refractivity contribution in [2.45, 2.75) is 18.4 Å². The predicted molar refractivity (Wildman–Crippen MR) is 76.2 cm³/mol. The second kappa shape index (κ2) is 5.91. The Labute approximate surface area is 122 Å². The first-order valence-electron chi connectivity index (χ1n) is 6.28. The fourth-order valence-corrected chi connectivity index (χ4v) is 3.36. The van der Waals surface area contributed by atoms with Crippen LogP contribution in [0.4, 0.5) is 8.78 Å². The summed E-state index contributed by atoms with van der Waals surface area (Å²) in [5, 5.41) is 0. The maximum absolute atomic E-state index is 13.6. The lowest BCUT2D eigenvalue weighted by Crippen LogP contribution is -2.27. The van der Waals surface area contributed by atoms with Gasteiger partial charge in [-0.2, -0.15) is 4.31 Å². The molecule has 0 aromatic heterocycles. The van der Waals surface area contributed by atoms with Gasteiger partial charge in [-0.3, -0.25) is 0 Å². The van der Waals surface area contributed by atoms with Crippen LogP contribution in [0.25, 0.3) is 0 Å². The quantitative estimate of drug-likeness (QED) is 0.870. The molecular weight excluding hydrogens is 296 g/mol. The summed E-state index contributed by atoms with van der Waals surface area (Å²) in [6.45, 7) is 1.53. The zero-order valence-corrected chi connectivity index (χ0v) is 12.5. The van der Waals surface area contributed by atoms with Gasteiger partial charge in [0.1, 0.15) is 11.6 Å². The molecule has 0 spiro atoms. The smallest absolute Gasteiger partial charge is 0.207 e. The summed E-state index contributed by atoms with van der Waals surface area (Å²) in [6.07, 6.45) is 0. The van der Waals surface area contributed by atoms with Gasteiger partial charge in [0.2, 0.25) is 10.0 Å². The third kappa shape index (κ3) is 3.28. The second-order valence-electron chi connectivity index (χ2n) is 4.76. The lowest BCUT2D eigenvalue weighted by molar-refractivity contribution is 0.454. The topological polar surface area (TPSA) is 37.4 Å². The average Bonchev–Trinajstić information content (AvgIpc) is 2.42. The highest BCUT2D eigenvalue weighted by Crippen LogP contribution is 2.21. The molecule has 0 N–H and O–H groups in total. The van der Waals surface area contributed by atoms with Crippen molar-refractivity contribution in [3.8, 4) is 0 Å². The van der Waals surface area contributed by atoms with E-state index in [9.17, 15) is 17.2 Å². The van der Waals surface area contributed by atoms with Crippen molar-refractivity contribution < 1.29 is 17.2 Å². The second-order valence-corrected chi connectivity index (χ2v) is 6.78. The molecule has 0 aliphatic carbocycles. The van der Waals surface area contributed by atoms with Crippen LogP contribution in [0.15, 0.2) is 47.4 Å². The van der Waals surface area contributed by atoms with E-state index in [1.165, 1.54) is 19.2 Å². The van der Waals surface area contributed by atoms with E-state index < -0.39 is 21.7 Å². The van der Waals surface area contributed by atoms with Crippen LogP contribution < -0.4 is 0 Å². The van der Waals surface area contributed by atoms with Crippen molar-refractivity contribution in [3.05, 3.63) is 65.2 Å². The lowest BCUT2D eigenvalue weighted by Gasteiger charge is -2.18. The molecule has 0 aliphatic heterocycles. The van der Waals surface area contributed by atoms with E-state index in [2.05, 4.69) is 0 Å². The fourth-order valence-electron chi connectivity index (χ4n) is 1.99. The Hall–Kier alpha value is -1.79. The first kappa shape index (κ1) is 15.6. The zero-order valence-electron chi connectivity index (χ0n) is 11.7. The van der Waals surface area contributed by atoms with Gasteiger partial charge in [0.05, 0.1) is 4.90 Å². The Balaban J connectivity index is 2.31. The summed E-state index contributed by atoms with van der Waals surface area (Å²) < 4.78 is 52.5. The highest BCUT2D eigenvalue weighted by Gasteiger charge is 2.23. The monoisotopic (exact) mass is 311 g/mol. The molecule has 0 atom stereocenters. The number of hydrogen-bond donors (Lipinski definition) is 0. The number of nitrogens with zero attached hydrogens (tertiary/aromatic N) is 1. The zero-order chi connectivity index (χ0) is 15.6. The number of benzene rings is 2. The molecule has 112 valence electrons. The molecule has 2 aromatic carbocycles. The third-order valence-electron chi connectivity index (χ3n) is 3.19. The highest BCUT2D eigenvalue weighted by molar-refractivity contribution is 7.89. The summed E-state index contributed by atoms with van der Waals surface area (Å²) in [5.74, 6) is -1.46. The molecule has 0 fully saturated rings. The third-order valence-corrected chi connectivity index (χ3v) is 5.15. The van der Waals surface area contributed by atoms with Crippen molar-refractivity contribution in [3.63, 3.8) is 0 Å². The van der Waals surface area contributed by atoms with Gasteiger partial charge in [-0.1, -0.05) is 24.3 Å². The highest BCUT2D eigenvalue weighted by atomic mass is 32.2. The van der Waals surface area contributed by atoms with Crippen LogP contribution in [-0.2, 0) is 16.6 Å². The van der Waals surface area contributed by atoms with E-state index in [1.54, 1.807) is 25.1 Å². The summed E-state index contributed by atoms with van der Waals surface area (Å²) >= 11 is 0. The Morgan fingerprint density at radius 3 is 2.38 bits per heavy atom. The first-order valence-corrected chi connectivity index (χ1v) is 7.72. The molecule has 0 radical (unpaired) electrons. The van der Waals surface area contributed by atoms with Crippen LogP contribution in [0.1, 0.15) is 11.1 Å². The fraction of sp³-hybridized carbons (Fsp3) is 0.200. The molecule has 2 aromatic rings. The average molecular weight is 311 g/mol. The SMILES string of the molecule is Cc1ccccc1S(=O)(=O)N(C)Cc1ccc(F)cc1F. The van der Waals surface area contributed by atoms with E-state index in [0.717, 1.165) is 16.4 Å². The molecule has 0 aliphatic rings. The van der Waals surface area contributed by atoms with Gasteiger partial charge in [0.15, 0.2) is 0 Å². The number of rotatable bonds is 4. The van der Waals surface area contributed by atoms with Crippen molar-refractivity contribution in [1.29, 1.82) is 0 Å². The number of hydrogen-bond acceptors (Lipinski definition) is 2. The van der Waals surface area contributed by atoms with Crippen molar-refractivity contribution in [2.24, 2.45) is 0 Å². The van der Waals surface area contributed by atoms with Crippen molar-refractivity contribution in [2.75, 3.05) is 7.05 Å². The number of aryl methyl sites for hydroxylation is 1. The summed E-state index contributed by atoms with van der Waals surface area (Å²) in [5.41, 5.74) is 0.736. The molecule has 0 saturated carbocycles. The van der Waals surface area contributed by atoms with Gasteiger partial charge in [0.25, 0.3) is 0 Å². The maximum Gasteiger partial charge on any atom is 0.243 e. The Morgan fingerprint density at radius 2 is 1.76 bits per heavy atom. The Morgan fingerprint density at radius 1 is 1.10 bits per heavy atom. The minimum Gasteiger partial charge on any atom is -0.207 e. The molecule has 0 unspecified atom stereocenters. The van der Waals surface area contributed by atoms with Gasteiger partial charge < -0.3 is 0 Å². The molecule has 0 amide bonds.